The zero-order chi connectivity index (χ0) is 23.9. The molecule has 0 bridgehead atoms. The van der Waals surface area contributed by atoms with Crippen LogP contribution < -0.4 is 24.4 Å². The first kappa shape index (κ1) is 21.6. The molecule has 12 heteroatoms. The molecule has 1 N–H and O–H groups in total. The van der Waals surface area contributed by atoms with E-state index in [0.717, 1.165) is 5.69 Å². The molecule has 1 aromatic heterocycles. The second-order valence-corrected chi connectivity index (χ2v) is 8.71. The van der Waals surface area contributed by atoms with Gasteiger partial charge in [-0.15, -0.1) is 0 Å². The summed E-state index contributed by atoms with van der Waals surface area (Å²) in [5.74, 6) is 1.59. The molecule has 35 heavy (non-hydrogen) atoms. The molecule has 3 aliphatic rings. The monoisotopic (exact) mass is 480 g/mol. The predicted molar refractivity (Wildman–Crippen MR) is 121 cm³/mol. The van der Waals surface area contributed by atoms with Gasteiger partial charge in [-0.1, -0.05) is 5.10 Å². The Hall–Kier alpha value is -3.90. The van der Waals surface area contributed by atoms with E-state index in [4.69, 9.17) is 23.7 Å². The lowest BCUT2D eigenvalue weighted by Crippen LogP contribution is -2.44. The summed E-state index contributed by atoms with van der Waals surface area (Å²) in [5.41, 5.74) is 1.60. The fourth-order valence-corrected chi connectivity index (χ4v) is 4.48. The van der Waals surface area contributed by atoms with Crippen LogP contribution in [-0.4, -0.2) is 78.5 Å². The Balaban J connectivity index is 1.13. The third-order valence-corrected chi connectivity index (χ3v) is 6.32. The van der Waals surface area contributed by atoms with Gasteiger partial charge in [0.15, 0.2) is 11.5 Å². The van der Waals surface area contributed by atoms with Crippen LogP contribution in [0.5, 0.6) is 23.3 Å². The Labute approximate surface area is 200 Å². The molecule has 2 aromatic carbocycles. The Kier molecular flexibility index (Phi) is 5.38. The quantitative estimate of drug-likeness (QED) is 0.554. The molecule has 182 valence electrons. The smallest absolute Gasteiger partial charge is 0.341 e. The summed E-state index contributed by atoms with van der Waals surface area (Å²) < 4.78 is 30.3. The molecule has 1 amide bonds. The van der Waals surface area contributed by atoms with E-state index >= 15 is 0 Å². The Bertz CT molecular complexity index is 1230. The zero-order valence-corrected chi connectivity index (χ0v) is 19.2. The van der Waals surface area contributed by atoms with E-state index in [2.05, 4.69) is 20.8 Å². The minimum atomic E-state index is -0.334. The number of amides is 1. The van der Waals surface area contributed by atoms with E-state index in [1.165, 1.54) is 0 Å². The van der Waals surface area contributed by atoms with Gasteiger partial charge in [-0.3, -0.25) is 4.79 Å². The van der Waals surface area contributed by atoms with Crippen LogP contribution in [0.25, 0.3) is 0 Å². The van der Waals surface area contributed by atoms with Gasteiger partial charge in [-0.05, 0) is 46.8 Å². The summed E-state index contributed by atoms with van der Waals surface area (Å²) >= 11 is 0. The first-order valence-corrected chi connectivity index (χ1v) is 11.2. The minimum absolute atomic E-state index is 0.175. The zero-order valence-electron chi connectivity index (χ0n) is 19.2. The number of nitrogens with zero attached hydrogens (tertiary/aromatic N) is 5. The number of ether oxygens (including phenoxy) is 5. The van der Waals surface area contributed by atoms with Gasteiger partial charge < -0.3 is 33.9 Å². The van der Waals surface area contributed by atoms with E-state index < -0.39 is 0 Å². The molecule has 4 heterocycles. The second kappa shape index (κ2) is 8.71. The lowest BCUT2D eigenvalue weighted by molar-refractivity contribution is 0.0606. The average molecular weight is 480 g/mol. The summed E-state index contributed by atoms with van der Waals surface area (Å²) in [7, 11) is 3.91. The van der Waals surface area contributed by atoms with Crippen LogP contribution in [0.1, 0.15) is 16.4 Å². The second-order valence-electron chi connectivity index (χ2n) is 8.71. The summed E-state index contributed by atoms with van der Waals surface area (Å²) in [6, 6.07) is 12.3. The SMILES string of the molecule is CN(C)c1ccc(C(=O)N[C@@H]2CO[C@@H]3[C@@H]2OC[C@@H]3n2nnnc2Oc2ccc3c(c2)OCO3)cc1. The molecule has 2 fully saturated rings. The predicted octanol–water partition coefficient (Wildman–Crippen LogP) is 1.40. The first-order valence-electron chi connectivity index (χ1n) is 11.2. The highest BCUT2D eigenvalue weighted by molar-refractivity contribution is 5.94. The van der Waals surface area contributed by atoms with Gasteiger partial charge in [-0.25, -0.2) is 0 Å². The maximum atomic E-state index is 12.8. The number of rotatable bonds is 6. The highest BCUT2D eigenvalue weighted by atomic mass is 16.7. The van der Waals surface area contributed by atoms with Crippen molar-refractivity contribution in [3.8, 4) is 23.3 Å². The molecular weight excluding hydrogens is 456 g/mol. The van der Waals surface area contributed by atoms with Crippen LogP contribution >= 0.6 is 0 Å². The number of anilines is 1. The maximum absolute atomic E-state index is 12.8. The van der Waals surface area contributed by atoms with Crippen molar-refractivity contribution in [3.05, 3.63) is 48.0 Å². The number of carbonyl (C=O) groups excluding carboxylic acids is 1. The van der Waals surface area contributed by atoms with Crippen molar-refractivity contribution in [3.63, 3.8) is 0 Å². The van der Waals surface area contributed by atoms with E-state index in [0.29, 0.717) is 36.0 Å². The Morgan fingerprint density at radius 1 is 1.06 bits per heavy atom. The maximum Gasteiger partial charge on any atom is 0.341 e. The Morgan fingerprint density at radius 2 is 1.86 bits per heavy atom. The van der Waals surface area contributed by atoms with Gasteiger partial charge in [0.25, 0.3) is 5.91 Å². The van der Waals surface area contributed by atoms with Gasteiger partial charge in [-0.2, -0.15) is 4.68 Å². The molecule has 2 saturated heterocycles. The average Bonchev–Trinajstić information content (AvgIpc) is 3.65. The van der Waals surface area contributed by atoms with Crippen molar-refractivity contribution < 1.29 is 28.5 Å². The number of hydrogen-bond acceptors (Lipinski definition) is 10. The van der Waals surface area contributed by atoms with Crippen LogP contribution in [0, 0.1) is 0 Å². The molecule has 4 atom stereocenters. The normalized spacial score (nSPS) is 24.3. The summed E-state index contributed by atoms with van der Waals surface area (Å²) in [6.07, 6.45) is -0.661. The molecule has 0 spiro atoms. The summed E-state index contributed by atoms with van der Waals surface area (Å²) in [4.78, 5) is 14.8. The van der Waals surface area contributed by atoms with Crippen LogP contribution in [0.2, 0.25) is 0 Å². The van der Waals surface area contributed by atoms with Crippen LogP contribution in [0.15, 0.2) is 42.5 Å². The van der Waals surface area contributed by atoms with Crippen LogP contribution in [-0.2, 0) is 9.47 Å². The third kappa shape index (κ3) is 4.00. The number of benzene rings is 2. The molecule has 0 unspecified atom stereocenters. The summed E-state index contributed by atoms with van der Waals surface area (Å²) in [5, 5.41) is 14.9. The Morgan fingerprint density at radius 3 is 2.69 bits per heavy atom. The highest BCUT2D eigenvalue weighted by Crippen LogP contribution is 2.38. The molecule has 12 nitrogen and oxygen atoms in total. The summed E-state index contributed by atoms with van der Waals surface area (Å²) in [6.45, 7) is 0.824. The number of nitrogens with one attached hydrogen (secondary N) is 1. The molecule has 0 aliphatic carbocycles. The van der Waals surface area contributed by atoms with Crippen molar-refractivity contribution in [2.24, 2.45) is 0 Å². The molecule has 6 rings (SSSR count). The molecule has 3 aliphatic heterocycles. The van der Waals surface area contributed by atoms with Gasteiger partial charge in [0.2, 0.25) is 6.79 Å². The van der Waals surface area contributed by atoms with Crippen molar-refractivity contribution in [1.82, 2.24) is 25.5 Å². The van der Waals surface area contributed by atoms with Gasteiger partial charge in [0.05, 0.1) is 19.3 Å². The van der Waals surface area contributed by atoms with Crippen molar-refractivity contribution >= 4 is 11.6 Å². The largest absolute Gasteiger partial charge is 0.454 e. The van der Waals surface area contributed by atoms with Gasteiger partial charge in [0, 0.05) is 31.4 Å². The number of aromatic nitrogens is 4. The number of carbonyl (C=O) groups is 1. The first-order chi connectivity index (χ1) is 17.1. The fourth-order valence-electron chi connectivity index (χ4n) is 4.48. The third-order valence-electron chi connectivity index (χ3n) is 6.32. The fraction of sp³-hybridized carbons (Fsp3) is 0.391. The van der Waals surface area contributed by atoms with E-state index in [-0.39, 0.29) is 43.0 Å². The van der Waals surface area contributed by atoms with E-state index in [1.54, 1.807) is 35.0 Å². The highest BCUT2D eigenvalue weighted by Gasteiger charge is 2.50. The van der Waals surface area contributed by atoms with Crippen LogP contribution in [0.3, 0.4) is 0 Å². The van der Waals surface area contributed by atoms with Gasteiger partial charge in [0.1, 0.15) is 24.0 Å². The minimum Gasteiger partial charge on any atom is -0.454 e. The van der Waals surface area contributed by atoms with Crippen molar-refractivity contribution in [2.45, 2.75) is 24.3 Å². The van der Waals surface area contributed by atoms with Gasteiger partial charge >= 0.3 is 6.01 Å². The molecule has 3 aromatic rings. The molecule has 0 radical (unpaired) electrons. The molecular formula is C23H24N6O6. The number of tetrazole rings is 1. The lowest BCUT2D eigenvalue weighted by Gasteiger charge is -2.18. The van der Waals surface area contributed by atoms with E-state index in [9.17, 15) is 4.79 Å². The van der Waals surface area contributed by atoms with Crippen LogP contribution in [0.4, 0.5) is 5.69 Å². The van der Waals surface area contributed by atoms with Crippen molar-refractivity contribution in [2.75, 3.05) is 39.0 Å². The number of fused-ring (bicyclic) bond motifs is 2. The standard InChI is InChI=1S/C23H24N6O6/c1-28(2)14-5-3-13(4-6-14)22(30)24-16-10-31-21-17(11-32-20(16)21)29-23(25-26-27-29)35-15-7-8-18-19(9-15)34-12-33-18/h3-9,16-17,20-21H,10-12H2,1-2H3,(H,24,30)/t16-,17+,20-,21+/m1/s1. The topological polar surface area (TPSA) is 122 Å². The lowest BCUT2D eigenvalue weighted by atomic mass is 10.1. The number of hydrogen-bond donors (Lipinski definition) is 1. The van der Waals surface area contributed by atoms with Crippen molar-refractivity contribution in [1.29, 1.82) is 0 Å². The molecule has 0 saturated carbocycles. The van der Waals surface area contributed by atoms with E-state index in [1.807, 2.05) is 31.1 Å².